The molecule has 48 valence electrons. The van der Waals surface area contributed by atoms with E-state index >= 15 is 0 Å². The molecule has 2 nitrogen and oxygen atoms in total. The molecule has 1 aliphatic carbocycles. The topological polar surface area (TPSA) is 46.2 Å². The Balaban J connectivity index is 2.15. The quantitative estimate of drug-likeness (QED) is 0.509. The lowest BCUT2D eigenvalue weighted by molar-refractivity contribution is 0.0337. The number of nitrogens with two attached hydrogens (primary N) is 1. The summed E-state index contributed by atoms with van der Waals surface area (Å²) < 4.78 is 0. The minimum atomic E-state index is -0.0500. The van der Waals surface area contributed by atoms with Crippen molar-refractivity contribution >= 4 is 0 Å². The van der Waals surface area contributed by atoms with E-state index in [0.717, 1.165) is 12.8 Å². The third kappa shape index (κ3) is 1.01. The fourth-order valence-electron chi connectivity index (χ4n) is 1.06. The predicted molar refractivity (Wildman–Crippen MR) is 32.4 cm³/mol. The van der Waals surface area contributed by atoms with Gasteiger partial charge in [0.1, 0.15) is 0 Å². The Kier molecular flexibility index (Phi) is 1.54. The molecule has 0 amide bonds. The van der Waals surface area contributed by atoms with E-state index in [1.165, 1.54) is 0 Å². The summed E-state index contributed by atoms with van der Waals surface area (Å²) in [5.74, 6) is 0.588. The van der Waals surface area contributed by atoms with Crippen molar-refractivity contribution in [3.63, 3.8) is 0 Å². The number of hydrogen-bond acceptors (Lipinski definition) is 2. The van der Waals surface area contributed by atoms with Crippen LogP contribution in [0, 0.1) is 5.92 Å². The molecule has 3 N–H and O–H groups in total. The highest BCUT2D eigenvalue weighted by Gasteiger charge is 2.29. The first-order chi connectivity index (χ1) is 3.70. The Labute approximate surface area is 49.7 Å². The van der Waals surface area contributed by atoms with Crippen LogP contribution >= 0.6 is 0 Å². The Morgan fingerprint density at radius 1 is 1.62 bits per heavy atom. The van der Waals surface area contributed by atoms with Crippen LogP contribution < -0.4 is 5.73 Å². The first-order valence-electron chi connectivity index (χ1n) is 3.14. The van der Waals surface area contributed by atoms with E-state index in [4.69, 9.17) is 10.8 Å². The average molecular weight is 115 g/mol. The van der Waals surface area contributed by atoms with Crippen molar-refractivity contribution in [2.75, 3.05) is 0 Å². The van der Waals surface area contributed by atoms with Crippen molar-refractivity contribution in [3.8, 4) is 0 Å². The van der Waals surface area contributed by atoms with Gasteiger partial charge < -0.3 is 10.8 Å². The molecule has 0 saturated heterocycles. The summed E-state index contributed by atoms with van der Waals surface area (Å²) in [7, 11) is 0. The Hall–Kier alpha value is -0.0800. The van der Waals surface area contributed by atoms with Gasteiger partial charge in [0.2, 0.25) is 0 Å². The lowest BCUT2D eigenvalue weighted by Gasteiger charge is -2.33. The molecule has 1 atom stereocenters. The second-order valence-corrected chi connectivity index (χ2v) is 2.74. The monoisotopic (exact) mass is 115 g/mol. The number of aliphatic hydroxyl groups is 1. The van der Waals surface area contributed by atoms with E-state index in [9.17, 15) is 0 Å². The van der Waals surface area contributed by atoms with E-state index in [0.29, 0.717) is 5.92 Å². The molecule has 0 aromatic heterocycles. The minimum Gasteiger partial charge on any atom is -0.393 e. The highest BCUT2D eigenvalue weighted by Crippen LogP contribution is 2.28. The zero-order valence-electron chi connectivity index (χ0n) is 5.17. The van der Waals surface area contributed by atoms with Crippen molar-refractivity contribution in [3.05, 3.63) is 0 Å². The summed E-state index contributed by atoms with van der Waals surface area (Å²) >= 11 is 0. The molecule has 8 heavy (non-hydrogen) atoms. The molecule has 0 radical (unpaired) electrons. The van der Waals surface area contributed by atoms with Gasteiger partial charge in [-0.1, -0.05) is 0 Å². The summed E-state index contributed by atoms with van der Waals surface area (Å²) in [4.78, 5) is 0. The van der Waals surface area contributed by atoms with E-state index in [1.54, 1.807) is 0 Å². The smallest absolute Gasteiger partial charge is 0.0546 e. The van der Waals surface area contributed by atoms with Crippen molar-refractivity contribution in [1.29, 1.82) is 0 Å². The maximum atomic E-state index is 8.81. The van der Waals surface area contributed by atoms with E-state index < -0.39 is 0 Å². The standard InChI is InChI=1S/C6H13NO/c1-4(7)5-2-6(8)3-5/h4-6,8H,2-3,7H2,1H3/t4?,5-,6+. The maximum Gasteiger partial charge on any atom is 0.0546 e. The van der Waals surface area contributed by atoms with Gasteiger partial charge in [-0.2, -0.15) is 0 Å². The van der Waals surface area contributed by atoms with Crippen molar-refractivity contribution in [2.45, 2.75) is 31.9 Å². The molecule has 1 fully saturated rings. The maximum absolute atomic E-state index is 8.81. The summed E-state index contributed by atoms with van der Waals surface area (Å²) in [5, 5.41) is 8.81. The van der Waals surface area contributed by atoms with Gasteiger partial charge in [0.25, 0.3) is 0 Å². The molecule has 0 bridgehead atoms. The number of aliphatic hydroxyl groups excluding tert-OH is 1. The van der Waals surface area contributed by atoms with Crippen LogP contribution in [0.2, 0.25) is 0 Å². The van der Waals surface area contributed by atoms with Crippen molar-refractivity contribution in [1.82, 2.24) is 0 Å². The SMILES string of the molecule is CC(N)[C@H]1C[C@@H](O)C1. The van der Waals surface area contributed by atoms with E-state index in [1.807, 2.05) is 6.92 Å². The fourth-order valence-corrected chi connectivity index (χ4v) is 1.06. The molecule has 0 heterocycles. The molecule has 1 rings (SSSR count). The first kappa shape index (κ1) is 6.05. The number of rotatable bonds is 1. The van der Waals surface area contributed by atoms with Crippen LogP contribution in [0.4, 0.5) is 0 Å². The minimum absolute atomic E-state index is 0.0500. The van der Waals surface area contributed by atoms with Gasteiger partial charge in [-0.3, -0.25) is 0 Å². The zero-order valence-corrected chi connectivity index (χ0v) is 5.17. The molecule has 0 aromatic rings. The second kappa shape index (κ2) is 2.03. The largest absolute Gasteiger partial charge is 0.393 e. The summed E-state index contributed by atoms with van der Waals surface area (Å²) in [6.45, 7) is 2.00. The molecule has 1 saturated carbocycles. The summed E-state index contributed by atoms with van der Waals surface area (Å²) in [6.07, 6.45) is 1.78. The van der Waals surface area contributed by atoms with Crippen LogP contribution in [0.5, 0.6) is 0 Å². The average Bonchev–Trinajstić information content (AvgIpc) is 1.57. The highest BCUT2D eigenvalue weighted by molar-refractivity contribution is 4.83. The van der Waals surface area contributed by atoms with Gasteiger partial charge in [0, 0.05) is 6.04 Å². The molecule has 1 aliphatic rings. The summed E-state index contributed by atoms with van der Waals surface area (Å²) in [6, 6.07) is 0.276. The van der Waals surface area contributed by atoms with Gasteiger partial charge in [-0.25, -0.2) is 0 Å². The fraction of sp³-hybridized carbons (Fsp3) is 1.00. The van der Waals surface area contributed by atoms with Crippen LogP contribution in [0.1, 0.15) is 19.8 Å². The molecule has 0 aromatic carbocycles. The second-order valence-electron chi connectivity index (χ2n) is 2.74. The van der Waals surface area contributed by atoms with Crippen LogP contribution in [0.15, 0.2) is 0 Å². The first-order valence-corrected chi connectivity index (χ1v) is 3.14. The third-order valence-corrected chi connectivity index (χ3v) is 1.89. The van der Waals surface area contributed by atoms with E-state index in [2.05, 4.69) is 0 Å². The Morgan fingerprint density at radius 2 is 2.12 bits per heavy atom. The van der Waals surface area contributed by atoms with Crippen LogP contribution in [-0.2, 0) is 0 Å². The van der Waals surface area contributed by atoms with Gasteiger partial charge in [0.15, 0.2) is 0 Å². The summed E-state index contributed by atoms with van der Waals surface area (Å²) in [5.41, 5.74) is 5.55. The molecule has 1 unspecified atom stereocenters. The molecule has 2 heteroatoms. The van der Waals surface area contributed by atoms with Crippen LogP contribution in [0.3, 0.4) is 0 Å². The Bertz CT molecular complexity index is 76.6. The van der Waals surface area contributed by atoms with Gasteiger partial charge >= 0.3 is 0 Å². The lowest BCUT2D eigenvalue weighted by Crippen LogP contribution is -2.39. The van der Waals surface area contributed by atoms with Gasteiger partial charge in [-0.05, 0) is 25.7 Å². The van der Waals surface area contributed by atoms with E-state index in [-0.39, 0.29) is 12.1 Å². The van der Waals surface area contributed by atoms with Gasteiger partial charge in [0.05, 0.1) is 6.10 Å². The molecular weight excluding hydrogens is 102 g/mol. The van der Waals surface area contributed by atoms with Crippen LogP contribution in [-0.4, -0.2) is 17.3 Å². The Morgan fingerprint density at radius 3 is 2.25 bits per heavy atom. The van der Waals surface area contributed by atoms with Crippen molar-refractivity contribution in [2.24, 2.45) is 11.7 Å². The predicted octanol–water partition coefficient (Wildman–Crippen LogP) is 0.104. The van der Waals surface area contributed by atoms with Crippen molar-refractivity contribution < 1.29 is 5.11 Å². The van der Waals surface area contributed by atoms with Gasteiger partial charge in [-0.15, -0.1) is 0 Å². The third-order valence-electron chi connectivity index (χ3n) is 1.89. The molecular formula is C6H13NO. The molecule has 0 aliphatic heterocycles. The highest BCUT2D eigenvalue weighted by atomic mass is 16.3. The molecule has 0 spiro atoms. The lowest BCUT2D eigenvalue weighted by atomic mass is 9.78. The zero-order chi connectivity index (χ0) is 6.15. The number of hydrogen-bond donors (Lipinski definition) is 2. The normalized spacial score (nSPS) is 40.9. The van der Waals surface area contributed by atoms with Crippen LogP contribution in [0.25, 0.3) is 0 Å².